The third-order valence-corrected chi connectivity index (χ3v) is 3.71. The fourth-order valence-electron chi connectivity index (χ4n) is 2.71. The standard InChI is InChI=1S/C15H18N2O/c1-11(12-5-8-16-9-6-12)17-14-3-2-4-15-13(14)7-10-18-15/h5-11,14,17H,2-4H2,1H3/t11-,14?/m0/s1. The molecule has 0 fully saturated rings. The molecule has 0 spiro atoms. The van der Waals surface area contributed by atoms with Crippen molar-refractivity contribution in [2.75, 3.05) is 0 Å². The predicted molar refractivity (Wildman–Crippen MR) is 70.2 cm³/mol. The third kappa shape index (κ3) is 2.18. The quantitative estimate of drug-likeness (QED) is 0.896. The number of hydrogen-bond donors (Lipinski definition) is 1. The van der Waals surface area contributed by atoms with Crippen LogP contribution in [0.5, 0.6) is 0 Å². The van der Waals surface area contributed by atoms with Crippen molar-refractivity contribution in [3.05, 3.63) is 53.7 Å². The van der Waals surface area contributed by atoms with Crippen LogP contribution in [0, 0.1) is 0 Å². The minimum atomic E-state index is 0.332. The Hall–Kier alpha value is -1.61. The fourth-order valence-corrected chi connectivity index (χ4v) is 2.71. The molecular weight excluding hydrogens is 224 g/mol. The zero-order valence-electron chi connectivity index (χ0n) is 10.6. The van der Waals surface area contributed by atoms with Gasteiger partial charge in [0.25, 0.3) is 0 Å². The van der Waals surface area contributed by atoms with Crippen molar-refractivity contribution in [2.24, 2.45) is 0 Å². The summed E-state index contributed by atoms with van der Waals surface area (Å²) in [5, 5.41) is 3.69. The van der Waals surface area contributed by atoms with E-state index in [1.807, 2.05) is 18.7 Å². The van der Waals surface area contributed by atoms with E-state index in [9.17, 15) is 0 Å². The van der Waals surface area contributed by atoms with E-state index in [1.165, 1.54) is 24.0 Å². The smallest absolute Gasteiger partial charge is 0.108 e. The normalized spacial score (nSPS) is 20.4. The summed E-state index contributed by atoms with van der Waals surface area (Å²) < 4.78 is 5.52. The number of aryl methyl sites for hydroxylation is 1. The Bertz CT molecular complexity index is 506. The van der Waals surface area contributed by atoms with Gasteiger partial charge in [-0.15, -0.1) is 0 Å². The van der Waals surface area contributed by atoms with Crippen LogP contribution in [0.4, 0.5) is 0 Å². The van der Waals surface area contributed by atoms with Crippen molar-refractivity contribution < 1.29 is 4.42 Å². The Morgan fingerprint density at radius 1 is 1.33 bits per heavy atom. The first-order valence-corrected chi connectivity index (χ1v) is 6.57. The van der Waals surface area contributed by atoms with Crippen molar-refractivity contribution in [3.63, 3.8) is 0 Å². The van der Waals surface area contributed by atoms with Crippen LogP contribution < -0.4 is 5.32 Å². The fraction of sp³-hybridized carbons (Fsp3) is 0.400. The van der Waals surface area contributed by atoms with Crippen molar-refractivity contribution >= 4 is 0 Å². The van der Waals surface area contributed by atoms with Gasteiger partial charge in [-0.25, -0.2) is 0 Å². The summed E-state index contributed by atoms with van der Waals surface area (Å²) in [6.07, 6.45) is 8.95. The highest BCUT2D eigenvalue weighted by Crippen LogP contribution is 2.32. The summed E-state index contributed by atoms with van der Waals surface area (Å²) in [6, 6.07) is 6.98. The molecule has 0 amide bonds. The van der Waals surface area contributed by atoms with Gasteiger partial charge < -0.3 is 9.73 Å². The molecule has 94 valence electrons. The molecule has 0 aromatic carbocycles. The monoisotopic (exact) mass is 242 g/mol. The Labute approximate surface area is 107 Å². The molecular formula is C15H18N2O. The number of furan rings is 1. The number of pyridine rings is 1. The first-order valence-electron chi connectivity index (χ1n) is 6.57. The van der Waals surface area contributed by atoms with Crippen molar-refractivity contribution in [3.8, 4) is 0 Å². The van der Waals surface area contributed by atoms with Gasteiger partial charge in [0, 0.05) is 36.5 Å². The van der Waals surface area contributed by atoms with Crippen LogP contribution in [0.3, 0.4) is 0 Å². The highest BCUT2D eigenvalue weighted by molar-refractivity contribution is 5.25. The van der Waals surface area contributed by atoms with Crippen LogP contribution in [0.1, 0.15) is 48.7 Å². The van der Waals surface area contributed by atoms with Crippen LogP contribution in [-0.2, 0) is 6.42 Å². The maximum absolute atomic E-state index is 5.52. The summed E-state index contributed by atoms with van der Waals surface area (Å²) in [5.74, 6) is 1.15. The van der Waals surface area contributed by atoms with Gasteiger partial charge in [-0.05, 0) is 43.5 Å². The molecule has 0 bridgehead atoms. The molecule has 2 heterocycles. The van der Waals surface area contributed by atoms with Gasteiger partial charge in [0.1, 0.15) is 5.76 Å². The van der Waals surface area contributed by atoms with E-state index >= 15 is 0 Å². The predicted octanol–water partition coefficient (Wildman–Crippen LogP) is 3.40. The summed E-state index contributed by atoms with van der Waals surface area (Å²) in [4.78, 5) is 4.06. The van der Waals surface area contributed by atoms with Gasteiger partial charge in [-0.2, -0.15) is 0 Å². The van der Waals surface area contributed by atoms with E-state index in [-0.39, 0.29) is 0 Å². The number of hydrogen-bond acceptors (Lipinski definition) is 3. The molecule has 0 aliphatic heterocycles. The SMILES string of the molecule is C[C@H](NC1CCCc2occc21)c1ccncc1. The lowest BCUT2D eigenvalue weighted by molar-refractivity contribution is 0.385. The largest absolute Gasteiger partial charge is 0.469 e. The second-order valence-corrected chi connectivity index (χ2v) is 4.91. The average molecular weight is 242 g/mol. The molecule has 18 heavy (non-hydrogen) atoms. The van der Waals surface area contributed by atoms with E-state index in [4.69, 9.17) is 4.42 Å². The summed E-state index contributed by atoms with van der Waals surface area (Å²) >= 11 is 0. The zero-order valence-corrected chi connectivity index (χ0v) is 10.6. The van der Waals surface area contributed by atoms with Crippen molar-refractivity contribution in [1.29, 1.82) is 0 Å². The molecule has 3 heteroatoms. The van der Waals surface area contributed by atoms with Gasteiger partial charge in [-0.1, -0.05) is 0 Å². The second kappa shape index (κ2) is 4.94. The number of nitrogens with one attached hydrogen (secondary N) is 1. The topological polar surface area (TPSA) is 38.1 Å². The minimum Gasteiger partial charge on any atom is -0.469 e. The molecule has 3 rings (SSSR count). The van der Waals surface area contributed by atoms with Gasteiger partial charge in [-0.3, -0.25) is 4.98 Å². The molecule has 0 radical (unpaired) electrons. The van der Waals surface area contributed by atoms with Gasteiger partial charge in [0.2, 0.25) is 0 Å². The highest BCUT2D eigenvalue weighted by Gasteiger charge is 2.23. The number of aromatic nitrogens is 1. The summed E-state index contributed by atoms with van der Waals surface area (Å²) in [6.45, 7) is 2.20. The average Bonchev–Trinajstić information content (AvgIpc) is 2.89. The molecule has 2 aromatic rings. The zero-order chi connectivity index (χ0) is 12.4. The molecule has 1 unspecified atom stereocenters. The molecule has 2 atom stereocenters. The Balaban J connectivity index is 1.75. The Morgan fingerprint density at radius 3 is 3.00 bits per heavy atom. The molecule has 1 aliphatic rings. The molecule has 3 nitrogen and oxygen atoms in total. The number of nitrogens with zero attached hydrogens (tertiary/aromatic N) is 1. The van der Waals surface area contributed by atoms with E-state index in [2.05, 4.69) is 35.4 Å². The summed E-state index contributed by atoms with van der Waals surface area (Å²) in [7, 11) is 0. The van der Waals surface area contributed by atoms with Crippen LogP contribution in [-0.4, -0.2) is 4.98 Å². The Morgan fingerprint density at radius 2 is 2.17 bits per heavy atom. The molecule has 1 N–H and O–H groups in total. The third-order valence-electron chi connectivity index (χ3n) is 3.71. The second-order valence-electron chi connectivity index (χ2n) is 4.91. The van der Waals surface area contributed by atoms with Crippen LogP contribution in [0.25, 0.3) is 0 Å². The molecule has 2 aromatic heterocycles. The van der Waals surface area contributed by atoms with E-state index in [1.54, 1.807) is 0 Å². The first-order chi connectivity index (χ1) is 8.84. The lowest BCUT2D eigenvalue weighted by Gasteiger charge is -2.26. The van der Waals surface area contributed by atoms with Gasteiger partial charge in [0.15, 0.2) is 0 Å². The lowest BCUT2D eigenvalue weighted by atomic mass is 9.92. The van der Waals surface area contributed by atoms with Crippen molar-refractivity contribution in [1.82, 2.24) is 10.3 Å². The number of rotatable bonds is 3. The number of fused-ring (bicyclic) bond motifs is 1. The molecule has 1 aliphatic carbocycles. The molecule has 0 saturated heterocycles. The molecule has 0 saturated carbocycles. The highest BCUT2D eigenvalue weighted by atomic mass is 16.3. The first kappa shape index (κ1) is 11.5. The van der Waals surface area contributed by atoms with E-state index in [0.29, 0.717) is 12.1 Å². The maximum Gasteiger partial charge on any atom is 0.108 e. The van der Waals surface area contributed by atoms with E-state index < -0.39 is 0 Å². The van der Waals surface area contributed by atoms with Crippen LogP contribution in [0.15, 0.2) is 41.3 Å². The lowest BCUT2D eigenvalue weighted by Crippen LogP contribution is -2.27. The van der Waals surface area contributed by atoms with Crippen molar-refractivity contribution in [2.45, 2.75) is 38.3 Å². The van der Waals surface area contributed by atoms with Gasteiger partial charge >= 0.3 is 0 Å². The van der Waals surface area contributed by atoms with E-state index in [0.717, 1.165) is 12.2 Å². The Kier molecular flexibility index (Phi) is 3.15. The van der Waals surface area contributed by atoms with Gasteiger partial charge in [0.05, 0.1) is 6.26 Å². The summed E-state index contributed by atoms with van der Waals surface area (Å²) in [5.41, 5.74) is 2.61. The van der Waals surface area contributed by atoms with Crippen LogP contribution in [0.2, 0.25) is 0 Å². The van der Waals surface area contributed by atoms with Crippen LogP contribution >= 0.6 is 0 Å². The maximum atomic E-state index is 5.52. The minimum absolute atomic E-state index is 0.332.